The number of rotatable bonds is 4. The molecule has 19 heavy (non-hydrogen) atoms. The zero-order valence-electron chi connectivity index (χ0n) is 11.8. The number of hydrogen-bond donors (Lipinski definition) is 2. The zero-order chi connectivity index (χ0) is 14.0. The van der Waals surface area contributed by atoms with Crippen LogP contribution in [0.2, 0.25) is 0 Å². The summed E-state index contributed by atoms with van der Waals surface area (Å²) in [6, 6.07) is 0.270. The first-order valence-corrected chi connectivity index (χ1v) is 7.79. The monoisotopic (exact) mass is 282 g/mol. The molecule has 1 aliphatic rings. The second kappa shape index (κ2) is 5.86. The highest BCUT2D eigenvalue weighted by Gasteiger charge is 2.27. The molecule has 0 bridgehead atoms. The Hall–Kier alpha value is -1.17. The van der Waals surface area contributed by atoms with Gasteiger partial charge in [0.2, 0.25) is 0 Å². The van der Waals surface area contributed by atoms with Crippen LogP contribution in [0.4, 0.5) is 5.69 Å². The molecule has 1 saturated carbocycles. The van der Waals surface area contributed by atoms with Crippen molar-refractivity contribution in [2.24, 2.45) is 7.05 Å². The first-order valence-electron chi connectivity index (χ1n) is 6.74. The summed E-state index contributed by atoms with van der Waals surface area (Å²) in [6.45, 7) is 3.99. The fourth-order valence-electron chi connectivity index (χ4n) is 2.66. The molecule has 0 aliphatic heterocycles. The van der Waals surface area contributed by atoms with Crippen molar-refractivity contribution in [3.05, 3.63) is 11.4 Å². The van der Waals surface area contributed by atoms with Gasteiger partial charge >= 0.3 is 0 Å². The van der Waals surface area contributed by atoms with E-state index in [1.165, 1.54) is 6.42 Å². The highest BCUT2D eigenvalue weighted by atomic mass is 32.2. The minimum Gasteiger partial charge on any atom is -0.395 e. The molecule has 1 amide bonds. The molecule has 6 heteroatoms. The number of aryl methyl sites for hydroxylation is 2. The Morgan fingerprint density at radius 1 is 1.58 bits per heavy atom. The molecule has 1 aliphatic carbocycles. The molecule has 0 aromatic carbocycles. The second-order valence-electron chi connectivity index (χ2n) is 5.03. The summed E-state index contributed by atoms with van der Waals surface area (Å²) in [5.74, 6) is 1.03. The molecule has 1 aromatic rings. The summed E-state index contributed by atoms with van der Waals surface area (Å²) in [6.07, 6.45) is 3.30. The lowest BCUT2D eigenvalue weighted by Crippen LogP contribution is -2.34. The van der Waals surface area contributed by atoms with Gasteiger partial charge in [0.05, 0.1) is 11.4 Å². The Morgan fingerprint density at radius 2 is 2.32 bits per heavy atom. The molecule has 1 aromatic heterocycles. The van der Waals surface area contributed by atoms with Crippen LogP contribution in [0.15, 0.2) is 0 Å². The quantitative estimate of drug-likeness (QED) is 0.882. The van der Waals surface area contributed by atoms with E-state index in [1.54, 1.807) is 11.7 Å². The number of amides is 1. The number of aromatic nitrogens is 2. The lowest BCUT2D eigenvalue weighted by Gasteiger charge is -2.13. The number of carbonyl (C=O) groups is 1. The summed E-state index contributed by atoms with van der Waals surface area (Å²) in [7, 11) is 1.75. The van der Waals surface area contributed by atoms with Crippen LogP contribution < -0.4 is 11.1 Å². The SMILES string of the molecule is CCSC1CCC(NC(=O)c2c(N)c(C)nn2C)C1. The average Bonchev–Trinajstić information content (AvgIpc) is 2.86. The largest absolute Gasteiger partial charge is 0.395 e. The van der Waals surface area contributed by atoms with E-state index in [9.17, 15) is 4.79 Å². The molecule has 1 fully saturated rings. The summed E-state index contributed by atoms with van der Waals surface area (Å²) in [5, 5.41) is 7.94. The first-order chi connectivity index (χ1) is 9.02. The summed E-state index contributed by atoms with van der Waals surface area (Å²) in [4.78, 5) is 12.3. The van der Waals surface area contributed by atoms with E-state index >= 15 is 0 Å². The van der Waals surface area contributed by atoms with E-state index in [1.807, 2.05) is 18.7 Å². The molecule has 106 valence electrons. The second-order valence-corrected chi connectivity index (χ2v) is 6.61. The summed E-state index contributed by atoms with van der Waals surface area (Å²) >= 11 is 1.98. The van der Waals surface area contributed by atoms with E-state index < -0.39 is 0 Å². The van der Waals surface area contributed by atoms with E-state index in [-0.39, 0.29) is 11.9 Å². The zero-order valence-corrected chi connectivity index (χ0v) is 12.6. The third-order valence-corrected chi connectivity index (χ3v) is 4.84. The van der Waals surface area contributed by atoms with Gasteiger partial charge in [0, 0.05) is 18.3 Å². The number of nitrogens with one attached hydrogen (secondary N) is 1. The van der Waals surface area contributed by atoms with Crippen LogP contribution in [-0.4, -0.2) is 32.7 Å². The van der Waals surface area contributed by atoms with E-state index in [4.69, 9.17) is 5.73 Å². The number of nitrogens with zero attached hydrogens (tertiary/aromatic N) is 2. The normalized spacial score (nSPS) is 22.7. The molecule has 0 radical (unpaired) electrons. The molecule has 0 spiro atoms. The number of hydrogen-bond acceptors (Lipinski definition) is 4. The number of nitrogen functional groups attached to an aromatic ring is 1. The van der Waals surface area contributed by atoms with Crippen molar-refractivity contribution in [1.82, 2.24) is 15.1 Å². The van der Waals surface area contributed by atoms with Crippen molar-refractivity contribution in [2.75, 3.05) is 11.5 Å². The van der Waals surface area contributed by atoms with Crippen LogP contribution in [0.1, 0.15) is 42.4 Å². The van der Waals surface area contributed by atoms with Gasteiger partial charge in [-0.1, -0.05) is 6.92 Å². The molecule has 2 rings (SSSR count). The van der Waals surface area contributed by atoms with Gasteiger partial charge in [-0.15, -0.1) is 0 Å². The van der Waals surface area contributed by atoms with Gasteiger partial charge in [-0.25, -0.2) is 0 Å². The molecular formula is C13H22N4OS. The van der Waals surface area contributed by atoms with Gasteiger partial charge < -0.3 is 11.1 Å². The number of carbonyl (C=O) groups excluding carboxylic acids is 1. The van der Waals surface area contributed by atoms with Gasteiger partial charge in [0.15, 0.2) is 0 Å². The molecule has 2 unspecified atom stereocenters. The van der Waals surface area contributed by atoms with Crippen molar-refractivity contribution in [1.29, 1.82) is 0 Å². The van der Waals surface area contributed by atoms with Crippen LogP contribution in [0.3, 0.4) is 0 Å². The van der Waals surface area contributed by atoms with Gasteiger partial charge in [-0.2, -0.15) is 16.9 Å². The van der Waals surface area contributed by atoms with Crippen LogP contribution >= 0.6 is 11.8 Å². The predicted octanol–water partition coefficient (Wildman–Crippen LogP) is 1.71. The molecule has 2 atom stereocenters. The van der Waals surface area contributed by atoms with Crippen molar-refractivity contribution in [2.45, 2.75) is 44.4 Å². The molecule has 1 heterocycles. The maximum Gasteiger partial charge on any atom is 0.271 e. The maximum absolute atomic E-state index is 12.3. The maximum atomic E-state index is 12.3. The van der Waals surface area contributed by atoms with Crippen LogP contribution in [-0.2, 0) is 7.05 Å². The predicted molar refractivity (Wildman–Crippen MR) is 79.4 cm³/mol. The average molecular weight is 282 g/mol. The smallest absolute Gasteiger partial charge is 0.271 e. The highest BCUT2D eigenvalue weighted by molar-refractivity contribution is 7.99. The van der Waals surface area contributed by atoms with Gasteiger partial charge in [0.1, 0.15) is 5.69 Å². The first kappa shape index (κ1) is 14.2. The van der Waals surface area contributed by atoms with Crippen molar-refractivity contribution in [3.8, 4) is 0 Å². The Bertz CT molecular complexity index is 471. The van der Waals surface area contributed by atoms with Gasteiger partial charge in [-0.3, -0.25) is 9.48 Å². The van der Waals surface area contributed by atoms with Crippen LogP contribution in [0.25, 0.3) is 0 Å². The Morgan fingerprint density at radius 3 is 2.89 bits per heavy atom. The third-order valence-electron chi connectivity index (χ3n) is 3.61. The van der Waals surface area contributed by atoms with E-state index in [0.717, 1.165) is 18.6 Å². The Labute approximate surface area is 118 Å². The lowest BCUT2D eigenvalue weighted by atomic mass is 10.2. The number of thioether (sulfide) groups is 1. The minimum absolute atomic E-state index is 0.104. The molecule has 5 nitrogen and oxygen atoms in total. The lowest BCUT2D eigenvalue weighted by molar-refractivity contribution is 0.0929. The third kappa shape index (κ3) is 3.05. The van der Waals surface area contributed by atoms with Gasteiger partial charge in [-0.05, 0) is 31.9 Å². The summed E-state index contributed by atoms with van der Waals surface area (Å²) in [5.41, 5.74) is 7.57. The Kier molecular flexibility index (Phi) is 4.39. The van der Waals surface area contributed by atoms with Crippen LogP contribution in [0, 0.1) is 6.92 Å². The molecule has 3 N–H and O–H groups in total. The van der Waals surface area contributed by atoms with Crippen molar-refractivity contribution in [3.63, 3.8) is 0 Å². The molecular weight excluding hydrogens is 260 g/mol. The van der Waals surface area contributed by atoms with Gasteiger partial charge in [0.25, 0.3) is 5.91 Å². The number of nitrogens with two attached hydrogens (primary N) is 1. The fourth-order valence-corrected chi connectivity index (χ4v) is 3.80. The fraction of sp³-hybridized carbons (Fsp3) is 0.692. The standard InChI is InChI=1S/C13H22N4OS/c1-4-19-10-6-5-9(7-10)15-13(18)12-11(14)8(2)16-17(12)3/h9-10H,4-7,14H2,1-3H3,(H,15,18). The van der Waals surface area contributed by atoms with E-state index in [0.29, 0.717) is 22.3 Å². The van der Waals surface area contributed by atoms with E-state index in [2.05, 4.69) is 17.3 Å². The highest BCUT2D eigenvalue weighted by Crippen LogP contribution is 2.30. The van der Waals surface area contributed by atoms with Crippen LogP contribution in [0.5, 0.6) is 0 Å². The summed E-state index contributed by atoms with van der Waals surface area (Å²) < 4.78 is 1.56. The topological polar surface area (TPSA) is 72.9 Å². The molecule has 0 saturated heterocycles. The minimum atomic E-state index is -0.104. The Balaban J connectivity index is 1.98. The van der Waals surface area contributed by atoms with Crippen molar-refractivity contribution >= 4 is 23.4 Å². The van der Waals surface area contributed by atoms with Crippen molar-refractivity contribution < 1.29 is 4.79 Å². The number of anilines is 1.